The van der Waals surface area contributed by atoms with E-state index in [4.69, 9.17) is 15.0 Å². The van der Waals surface area contributed by atoms with E-state index >= 15 is 0 Å². The SMILES string of the molecule is O=c1nc2cc(-n3c4ccccc4c4ccc5c6ccccc6n(-c6ccccc6)c5c43)ccn2c2nc(-c3ccccc3)nc(-c3ccccc3)c12. The van der Waals surface area contributed by atoms with Crippen molar-refractivity contribution in [1.29, 1.82) is 0 Å². The quantitative estimate of drug-likeness (QED) is 0.174. The Balaban J connectivity index is 1.25. The number of hydrogen-bond donors (Lipinski definition) is 0. The molecule has 0 aliphatic heterocycles. The van der Waals surface area contributed by atoms with E-state index in [1.807, 2.05) is 83.4 Å². The third-order valence-electron chi connectivity index (χ3n) is 10.3. The van der Waals surface area contributed by atoms with E-state index in [0.717, 1.165) is 55.3 Å². The highest BCUT2D eigenvalue weighted by molar-refractivity contribution is 6.23. The van der Waals surface area contributed by atoms with Gasteiger partial charge in [-0.25, -0.2) is 9.97 Å². The number of para-hydroxylation sites is 3. The first-order valence-electron chi connectivity index (χ1n) is 17.6. The van der Waals surface area contributed by atoms with Crippen molar-refractivity contribution in [1.82, 2.24) is 28.5 Å². The van der Waals surface area contributed by atoms with Gasteiger partial charge in [0.2, 0.25) is 0 Å². The van der Waals surface area contributed by atoms with Crippen LogP contribution in [0.15, 0.2) is 175 Å². The van der Waals surface area contributed by atoms with Gasteiger partial charge in [-0.2, -0.15) is 4.98 Å². The number of pyridine rings is 1. The Morgan fingerprint density at radius 1 is 0.453 bits per heavy atom. The molecule has 0 amide bonds. The molecular formula is C46H28N6O. The molecule has 0 aliphatic rings. The van der Waals surface area contributed by atoms with Crippen molar-refractivity contribution in [3.8, 4) is 34.0 Å². The lowest BCUT2D eigenvalue weighted by Crippen LogP contribution is -2.15. The second-order valence-electron chi connectivity index (χ2n) is 13.3. The van der Waals surface area contributed by atoms with Crippen molar-refractivity contribution in [3.63, 3.8) is 0 Å². The Morgan fingerprint density at radius 3 is 1.64 bits per heavy atom. The van der Waals surface area contributed by atoms with Gasteiger partial charge in [0.1, 0.15) is 11.0 Å². The topological polar surface area (TPSA) is 70.0 Å². The van der Waals surface area contributed by atoms with E-state index in [0.29, 0.717) is 28.2 Å². The van der Waals surface area contributed by atoms with Crippen LogP contribution in [0.5, 0.6) is 0 Å². The molecule has 11 rings (SSSR count). The van der Waals surface area contributed by atoms with E-state index in [9.17, 15) is 4.79 Å². The lowest BCUT2D eigenvalue weighted by Gasteiger charge is -2.14. The number of hydrogen-bond acceptors (Lipinski definition) is 4. The zero-order valence-electron chi connectivity index (χ0n) is 28.3. The van der Waals surface area contributed by atoms with Crippen LogP contribution >= 0.6 is 0 Å². The fourth-order valence-electron chi connectivity index (χ4n) is 8.00. The molecule has 0 fully saturated rings. The molecule has 53 heavy (non-hydrogen) atoms. The molecule has 0 radical (unpaired) electrons. The zero-order chi connectivity index (χ0) is 35.0. The van der Waals surface area contributed by atoms with Gasteiger partial charge in [-0.05, 0) is 30.3 Å². The van der Waals surface area contributed by atoms with Gasteiger partial charge in [0.25, 0.3) is 5.56 Å². The molecule has 0 bridgehead atoms. The van der Waals surface area contributed by atoms with Crippen LogP contribution in [0.2, 0.25) is 0 Å². The predicted octanol–water partition coefficient (Wildman–Crippen LogP) is 10.2. The van der Waals surface area contributed by atoms with E-state index in [1.165, 1.54) is 10.8 Å². The van der Waals surface area contributed by atoms with Gasteiger partial charge in [-0.1, -0.05) is 127 Å². The number of rotatable bonds is 4. The summed E-state index contributed by atoms with van der Waals surface area (Å²) in [6.45, 7) is 0. The van der Waals surface area contributed by atoms with Gasteiger partial charge < -0.3 is 9.13 Å². The summed E-state index contributed by atoms with van der Waals surface area (Å²) in [6.07, 6.45) is 1.98. The molecule has 5 aromatic heterocycles. The van der Waals surface area contributed by atoms with E-state index in [-0.39, 0.29) is 5.56 Å². The molecule has 5 heterocycles. The highest BCUT2D eigenvalue weighted by atomic mass is 16.1. The Morgan fingerprint density at radius 2 is 1.00 bits per heavy atom. The van der Waals surface area contributed by atoms with Crippen LogP contribution in [0.3, 0.4) is 0 Å². The second kappa shape index (κ2) is 11.3. The summed E-state index contributed by atoms with van der Waals surface area (Å²) >= 11 is 0. The molecule has 0 spiro atoms. The number of benzene rings is 6. The number of fused-ring (bicyclic) bond motifs is 10. The first-order valence-corrected chi connectivity index (χ1v) is 17.6. The van der Waals surface area contributed by atoms with E-state index in [1.54, 1.807) is 0 Å². The summed E-state index contributed by atoms with van der Waals surface area (Å²) in [6, 6.07) is 55.8. The van der Waals surface area contributed by atoms with Crippen molar-refractivity contribution in [2.45, 2.75) is 0 Å². The molecule has 11 aromatic rings. The van der Waals surface area contributed by atoms with Crippen LogP contribution in [-0.4, -0.2) is 28.5 Å². The highest BCUT2D eigenvalue weighted by Crippen LogP contribution is 2.41. The minimum Gasteiger partial charge on any atom is -0.307 e. The summed E-state index contributed by atoms with van der Waals surface area (Å²) in [5.41, 5.74) is 9.26. The van der Waals surface area contributed by atoms with Gasteiger partial charge in [-0.15, -0.1) is 0 Å². The van der Waals surface area contributed by atoms with Crippen molar-refractivity contribution < 1.29 is 0 Å². The maximum Gasteiger partial charge on any atom is 0.284 e. The first-order chi connectivity index (χ1) is 26.2. The van der Waals surface area contributed by atoms with Crippen molar-refractivity contribution in [2.75, 3.05) is 0 Å². The van der Waals surface area contributed by atoms with Crippen LogP contribution in [0.1, 0.15) is 0 Å². The summed E-state index contributed by atoms with van der Waals surface area (Å²) in [5.74, 6) is 0.541. The number of aromatic nitrogens is 6. The molecular weight excluding hydrogens is 653 g/mol. The normalized spacial score (nSPS) is 11.8. The third-order valence-corrected chi connectivity index (χ3v) is 10.3. The Labute approximate surface area is 302 Å². The second-order valence-corrected chi connectivity index (χ2v) is 13.3. The molecule has 0 N–H and O–H groups in total. The van der Waals surface area contributed by atoms with E-state index in [2.05, 4.69) is 100 Å². The van der Waals surface area contributed by atoms with Crippen LogP contribution in [0.25, 0.3) is 94.3 Å². The van der Waals surface area contributed by atoms with Crippen LogP contribution in [0.4, 0.5) is 0 Å². The average molecular weight is 681 g/mol. The molecule has 0 saturated carbocycles. The highest BCUT2D eigenvalue weighted by Gasteiger charge is 2.22. The third kappa shape index (κ3) is 4.34. The average Bonchev–Trinajstić information content (AvgIpc) is 3.74. The van der Waals surface area contributed by atoms with Gasteiger partial charge in [-0.3, -0.25) is 9.20 Å². The number of nitrogens with zero attached hydrogens (tertiary/aromatic N) is 6. The van der Waals surface area contributed by atoms with Gasteiger partial charge in [0.05, 0.1) is 33.4 Å². The monoisotopic (exact) mass is 680 g/mol. The van der Waals surface area contributed by atoms with Crippen LogP contribution in [0, 0.1) is 0 Å². The molecule has 6 aromatic carbocycles. The Kier molecular flexibility index (Phi) is 6.27. The Hall–Kier alpha value is -7.38. The predicted molar refractivity (Wildman–Crippen MR) is 214 cm³/mol. The summed E-state index contributed by atoms with van der Waals surface area (Å²) in [7, 11) is 0. The summed E-state index contributed by atoms with van der Waals surface area (Å²) in [4.78, 5) is 28.8. The smallest absolute Gasteiger partial charge is 0.284 e. The lowest BCUT2D eigenvalue weighted by atomic mass is 10.1. The largest absolute Gasteiger partial charge is 0.307 e. The van der Waals surface area contributed by atoms with Crippen molar-refractivity contribution >= 4 is 60.3 Å². The molecule has 0 saturated heterocycles. The van der Waals surface area contributed by atoms with E-state index < -0.39 is 0 Å². The van der Waals surface area contributed by atoms with Crippen molar-refractivity contribution in [2.24, 2.45) is 0 Å². The van der Waals surface area contributed by atoms with Gasteiger partial charge in [0, 0.05) is 50.6 Å². The molecule has 0 unspecified atom stereocenters. The maximum atomic E-state index is 14.1. The minimum absolute atomic E-state index is 0.371. The van der Waals surface area contributed by atoms with Gasteiger partial charge >= 0.3 is 0 Å². The fraction of sp³-hybridized carbons (Fsp3) is 0. The lowest BCUT2D eigenvalue weighted by molar-refractivity contribution is 1.06. The maximum absolute atomic E-state index is 14.1. The summed E-state index contributed by atoms with van der Waals surface area (Å²) < 4.78 is 6.59. The first kappa shape index (κ1) is 29.4. The minimum atomic E-state index is -0.371. The van der Waals surface area contributed by atoms with Crippen LogP contribution in [-0.2, 0) is 0 Å². The fourth-order valence-corrected chi connectivity index (χ4v) is 8.00. The van der Waals surface area contributed by atoms with Gasteiger partial charge in [0.15, 0.2) is 11.5 Å². The van der Waals surface area contributed by atoms with Crippen LogP contribution < -0.4 is 5.56 Å². The zero-order valence-corrected chi connectivity index (χ0v) is 28.3. The molecule has 0 atom stereocenters. The molecule has 248 valence electrons. The molecule has 7 nitrogen and oxygen atoms in total. The molecule has 7 heteroatoms. The Bertz CT molecular complexity index is 3290. The standard InChI is InChI=1S/C46H28N6O/c53-46-40-41(29-14-4-1-5-15-29)48-44(30-16-6-2-7-17-30)49-45(40)50-27-26-32(28-39(50)47-46)52-38-23-13-11-21-34(38)36-25-24-35-33-20-10-12-22-37(33)51(42(35)43(36)52)31-18-8-3-9-19-31/h1-28H. The van der Waals surface area contributed by atoms with Crippen molar-refractivity contribution in [3.05, 3.63) is 180 Å². The molecule has 0 aliphatic carbocycles. The summed E-state index contributed by atoms with van der Waals surface area (Å²) in [5, 5.41) is 5.02.